The largest absolute Gasteiger partial charge is 0.543 e. The number of oxime groups is 1. The van der Waals surface area contributed by atoms with Gasteiger partial charge in [0.15, 0.2) is 11.3 Å². The topological polar surface area (TPSA) is 195 Å². The van der Waals surface area contributed by atoms with Crippen molar-refractivity contribution in [3.8, 4) is 0 Å². The number of carbonyl (C=O) groups is 3. The van der Waals surface area contributed by atoms with Crippen LogP contribution in [0.5, 0.6) is 0 Å². The smallest absolute Gasteiger partial charge is 0.306 e. The van der Waals surface area contributed by atoms with Crippen LogP contribution < -0.4 is 20.7 Å². The van der Waals surface area contributed by atoms with Crippen molar-refractivity contribution in [2.24, 2.45) is 12.2 Å². The van der Waals surface area contributed by atoms with E-state index in [0.29, 0.717) is 10.6 Å². The first-order valence-electron chi connectivity index (χ1n) is 10.5. The van der Waals surface area contributed by atoms with Crippen LogP contribution in [0.25, 0.3) is 5.65 Å². The van der Waals surface area contributed by atoms with Crippen molar-refractivity contribution in [1.82, 2.24) is 29.2 Å². The van der Waals surface area contributed by atoms with Crippen molar-refractivity contribution in [2.45, 2.75) is 16.4 Å². The van der Waals surface area contributed by atoms with Gasteiger partial charge in [-0.1, -0.05) is 22.0 Å². The predicted octanol–water partition coefficient (Wildman–Crippen LogP) is -1.52. The maximum Gasteiger partial charge on any atom is 0.306 e. The number of hydrogen-bond donors (Lipinski definition) is 3. The van der Waals surface area contributed by atoms with Crippen LogP contribution in [0.2, 0.25) is 0 Å². The highest BCUT2D eigenvalue weighted by Gasteiger charge is 2.53. The normalized spacial score (nSPS) is 19.9. The summed E-state index contributed by atoms with van der Waals surface area (Å²) in [7, 11) is 1.91. The minimum absolute atomic E-state index is 0.0651. The summed E-state index contributed by atoms with van der Waals surface area (Å²) in [6, 6.07) is 2.71. The highest BCUT2D eigenvalue weighted by atomic mass is 32.2. The number of aryl methyl sites for hydroxylation is 1. The number of nitrogens with zero attached hydrogens (tertiary/aromatic N) is 7. The van der Waals surface area contributed by atoms with Gasteiger partial charge in [0.25, 0.3) is 11.8 Å². The SMILES string of the molecule is C[n+]1ccn2nc(S/C=C/C3=C(C(=O)[O-])N4C(=O)[C@@H](NC(=O)/C(=N\O)c5nsc(N)n5)[C@H]4SC3)ccc21. The number of imidazole rings is 1. The predicted molar refractivity (Wildman–Crippen MR) is 131 cm³/mol. The second-order valence-corrected chi connectivity index (χ2v) is 10.5. The van der Waals surface area contributed by atoms with Gasteiger partial charge in [-0.3, -0.25) is 14.5 Å². The van der Waals surface area contributed by atoms with Gasteiger partial charge in [-0.2, -0.15) is 9.36 Å². The zero-order valence-electron chi connectivity index (χ0n) is 18.8. The third-order valence-electron chi connectivity index (χ3n) is 5.51. The molecule has 0 bridgehead atoms. The van der Waals surface area contributed by atoms with Crippen LogP contribution in [0.15, 0.2) is 57.5 Å². The minimum atomic E-state index is -1.51. The van der Waals surface area contributed by atoms with Crippen LogP contribution >= 0.6 is 35.1 Å². The molecule has 37 heavy (non-hydrogen) atoms. The van der Waals surface area contributed by atoms with E-state index >= 15 is 0 Å². The standard InChI is InChI=1S/C20H17N9O5S3/c1-27-5-6-28-11(27)3-2-10(24-28)35-7-4-9-8-36-18-13(17(31)29(18)14(9)19(32)33)22-16(30)12(25-34)15-23-20(21)37-26-15/h2-7,13,18H,8H2,1H3,(H4-,21,22,23,26,30,32,33,34)/b7-4+/t13-,18-/m1/s1. The molecular weight excluding hydrogens is 542 g/mol. The van der Waals surface area contributed by atoms with Crippen LogP contribution in [0, 0.1) is 0 Å². The molecule has 2 aliphatic rings. The zero-order valence-corrected chi connectivity index (χ0v) is 21.3. The second kappa shape index (κ2) is 9.83. The molecule has 0 radical (unpaired) electrons. The molecule has 5 heterocycles. The van der Waals surface area contributed by atoms with E-state index in [1.807, 2.05) is 36.1 Å². The van der Waals surface area contributed by atoms with Crippen molar-refractivity contribution in [3.63, 3.8) is 0 Å². The Hall–Kier alpha value is -3.96. The molecule has 1 fully saturated rings. The van der Waals surface area contributed by atoms with Gasteiger partial charge >= 0.3 is 5.65 Å². The molecule has 0 aromatic carbocycles. The van der Waals surface area contributed by atoms with Gasteiger partial charge < -0.3 is 26.2 Å². The van der Waals surface area contributed by atoms with Crippen LogP contribution in [0.3, 0.4) is 0 Å². The van der Waals surface area contributed by atoms with E-state index in [1.165, 1.54) is 23.5 Å². The molecule has 2 aliphatic heterocycles. The Labute approximate surface area is 220 Å². The van der Waals surface area contributed by atoms with Gasteiger partial charge in [-0.25, -0.2) is 4.57 Å². The van der Waals surface area contributed by atoms with Crippen molar-refractivity contribution in [3.05, 3.63) is 53.1 Å². The monoisotopic (exact) mass is 559 g/mol. The van der Waals surface area contributed by atoms with E-state index < -0.39 is 34.9 Å². The van der Waals surface area contributed by atoms with Crippen LogP contribution in [-0.2, 0) is 21.4 Å². The second-order valence-electron chi connectivity index (χ2n) is 7.73. The fourth-order valence-electron chi connectivity index (χ4n) is 3.78. The Bertz CT molecular complexity index is 1530. The first-order chi connectivity index (χ1) is 17.8. The first kappa shape index (κ1) is 24.7. The highest BCUT2D eigenvalue weighted by Crippen LogP contribution is 2.40. The number of anilines is 1. The molecule has 17 heteroatoms. The van der Waals surface area contributed by atoms with Crippen LogP contribution in [0.1, 0.15) is 5.82 Å². The molecular formula is C20H17N9O5S3. The van der Waals surface area contributed by atoms with Crippen molar-refractivity contribution in [1.29, 1.82) is 0 Å². The number of amides is 2. The summed E-state index contributed by atoms with van der Waals surface area (Å²) in [5.41, 5.74) is 6.02. The number of nitrogens with one attached hydrogen (secondary N) is 1. The van der Waals surface area contributed by atoms with E-state index in [2.05, 4.69) is 24.9 Å². The molecule has 0 aliphatic carbocycles. The quantitative estimate of drug-likeness (QED) is 0.0759. The lowest BCUT2D eigenvalue weighted by molar-refractivity contribution is -0.644. The molecule has 0 unspecified atom stereocenters. The van der Waals surface area contributed by atoms with E-state index in [9.17, 15) is 24.7 Å². The molecule has 0 saturated carbocycles. The van der Waals surface area contributed by atoms with Crippen LogP contribution in [-0.4, -0.2) is 69.7 Å². The lowest BCUT2D eigenvalue weighted by atomic mass is 10.0. The molecule has 2 atom stereocenters. The summed E-state index contributed by atoms with van der Waals surface area (Å²) >= 11 is 3.37. The summed E-state index contributed by atoms with van der Waals surface area (Å²) in [6.45, 7) is 0. The molecule has 1 saturated heterocycles. The first-order valence-corrected chi connectivity index (χ1v) is 13.2. The number of carbonyl (C=O) groups excluding carboxylic acids is 3. The number of allylic oxidation sites excluding steroid dienone is 1. The Morgan fingerprint density at radius 2 is 2.24 bits per heavy atom. The maximum absolute atomic E-state index is 12.8. The molecule has 14 nitrogen and oxygen atoms in total. The third kappa shape index (κ3) is 4.51. The van der Waals surface area contributed by atoms with Gasteiger partial charge in [-0.15, -0.1) is 16.3 Å². The number of thioether (sulfide) groups is 2. The van der Waals surface area contributed by atoms with E-state index in [0.717, 1.165) is 22.1 Å². The Balaban J connectivity index is 1.30. The summed E-state index contributed by atoms with van der Waals surface area (Å²) in [5, 5.41) is 32.8. The molecule has 4 N–H and O–H groups in total. The molecule has 0 spiro atoms. The Morgan fingerprint density at radius 1 is 1.43 bits per heavy atom. The van der Waals surface area contributed by atoms with E-state index in [4.69, 9.17) is 5.73 Å². The molecule has 5 rings (SSSR count). The highest BCUT2D eigenvalue weighted by molar-refractivity contribution is 8.02. The van der Waals surface area contributed by atoms with Crippen LogP contribution in [0.4, 0.5) is 5.13 Å². The summed E-state index contributed by atoms with van der Waals surface area (Å²) in [5.74, 6) is -2.99. The van der Waals surface area contributed by atoms with E-state index in [1.54, 1.807) is 16.0 Å². The molecule has 2 amide bonds. The van der Waals surface area contributed by atoms with Gasteiger partial charge in [0.2, 0.25) is 11.5 Å². The summed E-state index contributed by atoms with van der Waals surface area (Å²) in [4.78, 5) is 42.3. The number of hydrogen-bond acceptors (Lipinski definition) is 13. The molecule has 3 aromatic heterocycles. The minimum Gasteiger partial charge on any atom is -0.543 e. The zero-order chi connectivity index (χ0) is 26.3. The summed E-state index contributed by atoms with van der Waals surface area (Å²) in [6.07, 6.45) is 5.30. The number of nitrogen functional groups attached to an aromatic ring is 1. The number of rotatable bonds is 7. The number of nitrogens with two attached hydrogens (primary N) is 1. The number of aromatic nitrogens is 5. The lowest BCUT2D eigenvalue weighted by Gasteiger charge is -2.50. The fourth-order valence-corrected chi connectivity index (χ4v) is 6.19. The number of β-lactam (4-membered cyclic amide) rings is 1. The van der Waals surface area contributed by atoms with Gasteiger partial charge in [0, 0.05) is 23.4 Å². The summed E-state index contributed by atoms with van der Waals surface area (Å²) < 4.78 is 7.46. The third-order valence-corrected chi connectivity index (χ3v) is 8.09. The van der Waals surface area contributed by atoms with Gasteiger partial charge in [0.1, 0.15) is 22.6 Å². The van der Waals surface area contributed by atoms with Gasteiger partial charge in [0.05, 0.1) is 18.7 Å². The number of aliphatic carboxylic acids is 1. The van der Waals surface area contributed by atoms with Crippen molar-refractivity contribution in [2.75, 3.05) is 11.5 Å². The average molecular weight is 560 g/mol. The van der Waals surface area contributed by atoms with Crippen molar-refractivity contribution < 1.29 is 29.3 Å². The number of carboxylic acid groups (broad SMARTS) is 1. The average Bonchev–Trinajstić information content (AvgIpc) is 3.47. The van der Waals surface area contributed by atoms with E-state index in [-0.39, 0.29) is 22.4 Å². The van der Waals surface area contributed by atoms with Crippen molar-refractivity contribution >= 4 is 69.3 Å². The Morgan fingerprint density at radius 3 is 2.95 bits per heavy atom. The molecule has 3 aromatic rings. The maximum atomic E-state index is 12.8. The Kier molecular flexibility index (Phi) is 6.57. The molecule has 190 valence electrons. The lowest BCUT2D eigenvalue weighted by Crippen LogP contribution is -2.71. The number of fused-ring (bicyclic) bond motifs is 2. The number of carboxylic acids is 1. The fraction of sp³-hybridized carbons (Fsp3) is 0.200. The van der Waals surface area contributed by atoms with Gasteiger partial charge in [-0.05, 0) is 23.1 Å².